The molecule has 5 heteroatoms. The zero-order valence-corrected chi connectivity index (χ0v) is 12.9. The van der Waals surface area contributed by atoms with E-state index < -0.39 is 0 Å². The predicted octanol–water partition coefficient (Wildman–Crippen LogP) is 2.73. The van der Waals surface area contributed by atoms with Gasteiger partial charge in [0.1, 0.15) is 0 Å². The van der Waals surface area contributed by atoms with Gasteiger partial charge in [-0.25, -0.2) is 0 Å². The molecule has 0 aromatic heterocycles. The first-order chi connectivity index (χ1) is 9.29. The first-order valence-electron chi connectivity index (χ1n) is 6.64. The fourth-order valence-electron chi connectivity index (χ4n) is 1.97. The maximum Gasteiger partial charge on any atom is 0.161 e. The number of rotatable bonds is 6. The summed E-state index contributed by atoms with van der Waals surface area (Å²) in [5.41, 5.74) is 1.15. The van der Waals surface area contributed by atoms with Gasteiger partial charge < -0.3 is 15.2 Å². The average molecular weight is 299 g/mol. The number of aromatic hydroxyl groups is 1. The van der Waals surface area contributed by atoms with Gasteiger partial charge in [-0.3, -0.25) is 0 Å². The second-order valence-corrected chi connectivity index (χ2v) is 6.99. The zero-order valence-electron chi connectivity index (χ0n) is 11.2. The monoisotopic (exact) mass is 299 g/mol. The number of hydrogen-bond acceptors (Lipinski definition) is 5. The van der Waals surface area contributed by atoms with Gasteiger partial charge in [0.25, 0.3) is 0 Å². The lowest BCUT2D eigenvalue weighted by molar-refractivity contribution is 0.317. The highest BCUT2D eigenvalue weighted by atomic mass is 32.2. The van der Waals surface area contributed by atoms with E-state index >= 15 is 0 Å². The van der Waals surface area contributed by atoms with Crippen molar-refractivity contribution in [2.75, 3.05) is 30.4 Å². The van der Waals surface area contributed by atoms with Crippen LogP contribution in [0.1, 0.15) is 12.5 Å². The molecule has 0 bridgehead atoms. The Kier molecular flexibility index (Phi) is 6.20. The molecule has 0 amide bonds. The molecule has 1 heterocycles. The molecule has 1 aromatic rings. The molecular weight excluding hydrogens is 278 g/mol. The van der Waals surface area contributed by atoms with Crippen molar-refractivity contribution in [3.63, 3.8) is 0 Å². The summed E-state index contributed by atoms with van der Waals surface area (Å²) < 4.78 is 5.39. The fourth-order valence-corrected chi connectivity index (χ4v) is 4.62. The standard InChI is InChI=1S/C14H21NO2S2/c1-2-17-14-7-11(3-4-13(14)16)8-15-9-12-10-18-5-6-19-12/h3-4,7,12,15-16H,2,5-6,8-10H2,1H3. The van der Waals surface area contributed by atoms with E-state index in [9.17, 15) is 5.11 Å². The smallest absolute Gasteiger partial charge is 0.161 e. The highest BCUT2D eigenvalue weighted by Crippen LogP contribution is 2.27. The summed E-state index contributed by atoms with van der Waals surface area (Å²) in [6, 6.07) is 5.55. The molecule has 0 saturated carbocycles. The second-order valence-electron chi connectivity index (χ2n) is 4.43. The molecule has 0 radical (unpaired) electrons. The van der Waals surface area contributed by atoms with Crippen molar-refractivity contribution in [1.29, 1.82) is 0 Å². The van der Waals surface area contributed by atoms with Crippen LogP contribution in [0.4, 0.5) is 0 Å². The Morgan fingerprint density at radius 1 is 1.42 bits per heavy atom. The molecule has 0 aliphatic carbocycles. The zero-order chi connectivity index (χ0) is 13.5. The van der Waals surface area contributed by atoms with E-state index in [2.05, 4.69) is 17.1 Å². The molecule has 3 nitrogen and oxygen atoms in total. The topological polar surface area (TPSA) is 41.5 Å². The number of hydrogen-bond donors (Lipinski definition) is 2. The minimum absolute atomic E-state index is 0.213. The van der Waals surface area contributed by atoms with E-state index in [-0.39, 0.29) is 5.75 Å². The van der Waals surface area contributed by atoms with Crippen LogP contribution >= 0.6 is 23.5 Å². The van der Waals surface area contributed by atoms with Gasteiger partial charge in [-0.15, -0.1) is 0 Å². The largest absolute Gasteiger partial charge is 0.504 e. The van der Waals surface area contributed by atoms with Crippen LogP contribution < -0.4 is 10.1 Å². The molecular formula is C14H21NO2S2. The third kappa shape index (κ3) is 4.82. The Morgan fingerprint density at radius 3 is 3.05 bits per heavy atom. The summed E-state index contributed by atoms with van der Waals surface area (Å²) in [7, 11) is 0. The van der Waals surface area contributed by atoms with Crippen molar-refractivity contribution >= 4 is 23.5 Å². The molecule has 1 aliphatic rings. The summed E-state index contributed by atoms with van der Waals surface area (Å²) in [6.45, 7) is 4.35. The lowest BCUT2D eigenvalue weighted by Gasteiger charge is -2.21. The van der Waals surface area contributed by atoms with Crippen molar-refractivity contribution in [2.45, 2.75) is 18.7 Å². The van der Waals surface area contributed by atoms with Crippen molar-refractivity contribution in [2.24, 2.45) is 0 Å². The molecule has 2 rings (SSSR count). The van der Waals surface area contributed by atoms with Crippen molar-refractivity contribution in [3.05, 3.63) is 23.8 Å². The van der Waals surface area contributed by atoms with E-state index in [4.69, 9.17) is 4.74 Å². The Hall–Kier alpha value is -0.520. The summed E-state index contributed by atoms with van der Waals surface area (Å²) in [4.78, 5) is 0. The van der Waals surface area contributed by atoms with Gasteiger partial charge in [0, 0.05) is 35.6 Å². The van der Waals surface area contributed by atoms with Gasteiger partial charge in [0.05, 0.1) is 6.61 Å². The lowest BCUT2D eigenvalue weighted by atomic mass is 10.2. The first-order valence-corrected chi connectivity index (χ1v) is 8.84. The van der Waals surface area contributed by atoms with Crippen molar-refractivity contribution in [1.82, 2.24) is 5.32 Å². The van der Waals surface area contributed by atoms with Gasteiger partial charge in [0.15, 0.2) is 11.5 Å². The minimum atomic E-state index is 0.213. The van der Waals surface area contributed by atoms with E-state index in [1.807, 2.05) is 30.8 Å². The normalized spacial score (nSPS) is 19.3. The molecule has 0 spiro atoms. The molecule has 106 valence electrons. The number of phenolic OH excluding ortho intramolecular Hbond substituents is 1. The quantitative estimate of drug-likeness (QED) is 0.845. The molecule has 1 aromatic carbocycles. The van der Waals surface area contributed by atoms with Gasteiger partial charge in [-0.1, -0.05) is 6.07 Å². The Morgan fingerprint density at radius 2 is 2.32 bits per heavy atom. The van der Waals surface area contributed by atoms with Crippen LogP contribution in [0.3, 0.4) is 0 Å². The number of ether oxygens (including phenoxy) is 1. The van der Waals surface area contributed by atoms with Crippen LogP contribution in [-0.4, -0.2) is 40.8 Å². The van der Waals surface area contributed by atoms with Gasteiger partial charge >= 0.3 is 0 Å². The Bertz CT molecular complexity index is 395. The molecule has 1 saturated heterocycles. The highest BCUT2D eigenvalue weighted by molar-refractivity contribution is 8.06. The van der Waals surface area contributed by atoms with Gasteiger partial charge in [-0.05, 0) is 24.6 Å². The van der Waals surface area contributed by atoms with Gasteiger partial charge in [0.2, 0.25) is 0 Å². The molecule has 1 fully saturated rings. The minimum Gasteiger partial charge on any atom is -0.504 e. The number of phenols is 1. The predicted molar refractivity (Wildman–Crippen MR) is 84.6 cm³/mol. The van der Waals surface area contributed by atoms with Crippen LogP contribution in [0.2, 0.25) is 0 Å². The van der Waals surface area contributed by atoms with Crippen molar-refractivity contribution in [3.8, 4) is 11.5 Å². The summed E-state index contributed by atoms with van der Waals surface area (Å²) >= 11 is 4.11. The van der Waals surface area contributed by atoms with E-state index in [1.54, 1.807) is 6.07 Å². The van der Waals surface area contributed by atoms with Crippen LogP contribution in [0.5, 0.6) is 11.5 Å². The molecule has 1 unspecified atom stereocenters. The van der Waals surface area contributed by atoms with E-state index in [0.29, 0.717) is 12.4 Å². The summed E-state index contributed by atoms with van der Waals surface area (Å²) in [6.07, 6.45) is 0. The van der Waals surface area contributed by atoms with Crippen molar-refractivity contribution < 1.29 is 9.84 Å². The maximum atomic E-state index is 9.64. The van der Waals surface area contributed by atoms with E-state index in [1.165, 1.54) is 17.3 Å². The molecule has 19 heavy (non-hydrogen) atoms. The van der Waals surface area contributed by atoms with Crippen LogP contribution in [0.15, 0.2) is 18.2 Å². The first kappa shape index (κ1) is 14.9. The third-order valence-electron chi connectivity index (χ3n) is 2.91. The number of benzene rings is 1. The van der Waals surface area contributed by atoms with Crippen LogP contribution in [-0.2, 0) is 6.54 Å². The highest BCUT2D eigenvalue weighted by Gasteiger charge is 2.13. The van der Waals surface area contributed by atoms with Gasteiger partial charge in [-0.2, -0.15) is 23.5 Å². The SMILES string of the molecule is CCOc1cc(CNCC2CSCCS2)ccc1O. The third-order valence-corrected chi connectivity index (χ3v) is 5.76. The lowest BCUT2D eigenvalue weighted by Crippen LogP contribution is -2.28. The number of thioether (sulfide) groups is 2. The Balaban J connectivity index is 1.80. The second kappa shape index (κ2) is 7.92. The molecule has 1 atom stereocenters. The molecule has 1 aliphatic heterocycles. The summed E-state index contributed by atoms with van der Waals surface area (Å²) in [5.74, 6) is 4.59. The fraction of sp³-hybridized carbons (Fsp3) is 0.571. The molecule has 2 N–H and O–H groups in total. The summed E-state index contributed by atoms with van der Waals surface area (Å²) in [5, 5.41) is 13.9. The van der Waals surface area contributed by atoms with E-state index in [0.717, 1.165) is 23.9 Å². The van der Waals surface area contributed by atoms with Crippen LogP contribution in [0.25, 0.3) is 0 Å². The van der Waals surface area contributed by atoms with Crippen LogP contribution in [0, 0.1) is 0 Å². The average Bonchev–Trinajstić information content (AvgIpc) is 2.44. The maximum absolute atomic E-state index is 9.64. The Labute approximate surface area is 123 Å². The number of nitrogens with one attached hydrogen (secondary N) is 1.